The first-order chi connectivity index (χ1) is 19.8. The van der Waals surface area contributed by atoms with E-state index in [-0.39, 0.29) is 12.2 Å². The lowest BCUT2D eigenvalue weighted by atomic mass is 9.98. The van der Waals surface area contributed by atoms with E-state index in [4.69, 9.17) is 0 Å². The van der Waals surface area contributed by atoms with Gasteiger partial charge in [0.25, 0.3) is 21.0 Å². The Bertz CT molecular complexity index is 2170. The zero-order valence-corrected chi connectivity index (χ0v) is 25.9. The van der Waals surface area contributed by atoms with E-state index in [1.807, 2.05) is 43.3 Å². The molecule has 218 valence electrons. The van der Waals surface area contributed by atoms with Crippen LogP contribution in [0.3, 0.4) is 0 Å². The van der Waals surface area contributed by atoms with Gasteiger partial charge >= 0.3 is 10.1 Å². The molecule has 42 heavy (non-hydrogen) atoms. The van der Waals surface area contributed by atoms with Gasteiger partial charge in [0.2, 0.25) is 5.52 Å². The molecule has 0 radical (unpaired) electrons. The van der Waals surface area contributed by atoms with Crippen molar-refractivity contribution < 1.29 is 30.5 Å². The van der Waals surface area contributed by atoms with E-state index in [0.29, 0.717) is 23.5 Å². The maximum Gasteiger partial charge on any atom is 0.326 e. The van der Waals surface area contributed by atoms with Gasteiger partial charge < -0.3 is 4.90 Å². The summed E-state index contributed by atoms with van der Waals surface area (Å²) in [6.45, 7) is 6.53. The van der Waals surface area contributed by atoms with Crippen LogP contribution in [0.15, 0.2) is 60.3 Å². The lowest BCUT2D eigenvalue weighted by Gasteiger charge is -2.24. The molecule has 2 N–H and O–H groups in total. The molecular weight excluding hydrogens is 593 g/mol. The minimum absolute atomic E-state index is 0.220. The Hall–Kier alpha value is -3.35. The average molecular weight is 624 g/mol. The van der Waals surface area contributed by atoms with Crippen LogP contribution in [0.5, 0.6) is 0 Å². The fourth-order valence-corrected chi connectivity index (χ4v) is 8.37. The first-order valence-electron chi connectivity index (χ1n) is 13.5. The van der Waals surface area contributed by atoms with Crippen LogP contribution in [0.25, 0.3) is 37.8 Å². The topological polar surface area (TPSA) is 116 Å². The molecule has 0 atom stereocenters. The molecule has 0 amide bonds. The lowest BCUT2D eigenvalue weighted by Crippen LogP contribution is -2.39. The van der Waals surface area contributed by atoms with Crippen molar-refractivity contribution in [2.75, 3.05) is 17.2 Å². The maximum atomic E-state index is 12.2. The van der Waals surface area contributed by atoms with E-state index in [2.05, 4.69) is 43.0 Å². The molecule has 0 spiro atoms. The summed E-state index contributed by atoms with van der Waals surface area (Å²) < 4.78 is 69.3. The Morgan fingerprint density at radius 2 is 1.64 bits per heavy atom. The first-order valence-corrected chi connectivity index (χ1v) is 17.6. The van der Waals surface area contributed by atoms with Crippen molar-refractivity contribution in [2.45, 2.75) is 39.5 Å². The zero-order valence-electron chi connectivity index (χ0n) is 23.5. The van der Waals surface area contributed by atoms with Gasteiger partial charge in [-0.25, -0.2) is 0 Å². The van der Waals surface area contributed by atoms with E-state index in [1.165, 1.54) is 11.3 Å². The van der Waals surface area contributed by atoms with Gasteiger partial charge in [-0.15, -0.1) is 0 Å². The summed E-state index contributed by atoms with van der Waals surface area (Å²) in [7, 11) is -8.49. The molecule has 0 fully saturated rings. The Morgan fingerprint density at radius 3 is 2.38 bits per heavy atom. The van der Waals surface area contributed by atoms with E-state index in [0.717, 1.165) is 59.9 Å². The number of anilines is 1. The molecular formula is C31H31N2O6S3+. The highest BCUT2D eigenvalue weighted by Crippen LogP contribution is 2.41. The second-order valence-electron chi connectivity index (χ2n) is 11.0. The normalized spacial score (nSPS) is 15.0. The molecule has 6 rings (SSSR count). The van der Waals surface area contributed by atoms with E-state index < -0.39 is 26.1 Å². The molecule has 11 heteroatoms. The number of aromatic nitrogens is 1. The standard InChI is InChI=1S/C31H30N2O6S3/c1-19-13-24-14-25(32(11-6-12-41(34,35)36)31(24)21(3)20(19)2)16-30-33(18-42(37,38)39)28-17-27-23(15-29(28)40-30)10-9-22-7-4-5-8-26(22)27/h4-5,7-10,13,15-17H,6,11-12,14,18H2,1-3H3,(H-,34,35,36,37,38,39)/p+1. The molecule has 0 bridgehead atoms. The molecule has 5 aromatic rings. The fourth-order valence-electron chi connectivity index (χ4n) is 6.03. The van der Waals surface area contributed by atoms with Gasteiger partial charge in [0, 0.05) is 36.5 Å². The Labute approximate surface area is 249 Å². The summed E-state index contributed by atoms with van der Waals surface area (Å²) in [4.78, 5) is 2.08. The number of hydrogen-bond donors (Lipinski definition) is 2. The van der Waals surface area contributed by atoms with Crippen LogP contribution in [0.1, 0.15) is 33.7 Å². The number of rotatable bonds is 7. The maximum absolute atomic E-state index is 12.2. The Morgan fingerprint density at radius 1 is 0.905 bits per heavy atom. The largest absolute Gasteiger partial charge is 0.344 e. The van der Waals surface area contributed by atoms with E-state index in [1.54, 1.807) is 4.57 Å². The van der Waals surface area contributed by atoms with Crippen LogP contribution in [0.4, 0.5) is 5.69 Å². The SMILES string of the molecule is Cc1cc2c(c(C)c1C)N(CCCS(=O)(=O)O)C(=Cc1sc3cc4ccc5ccccc5c4cc3[n+]1CS(=O)(=O)O)C2. The van der Waals surface area contributed by atoms with Crippen LogP contribution >= 0.6 is 11.3 Å². The van der Waals surface area contributed by atoms with E-state index >= 15 is 0 Å². The monoisotopic (exact) mass is 623 g/mol. The average Bonchev–Trinajstić information content (AvgIpc) is 3.41. The highest BCUT2D eigenvalue weighted by atomic mass is 32.2. The van der Waals surface area contributed by atoms with Crippen LogP contribution in [0.2, 0.25) is 0 Å². The van der Waals surface area contributed by atoms with Crippen molar-refractivity contribution in [3.05, 3.63) is 87.6 Å². The molecule has 0 aliphatic carbocycles. The molecule has 1 aliphatic rings. The van der Waals surface area contributed by atoms with Crippen molar-refractivity contribution >= 4 is 75.1 Å². The smallest absolute Gasteiger partial charge is 0.326 e. The zero-order chi connectivity index (χ0) is 30.0. The Balaban J connectivity index is 1.54. The summed E-state index contributed by atoms with van der Waals surface area (Å²) in [5, 5.41) is 4.80. The molecule has 1 aromatic heterocycles. The van der Waals surface area contributed by atoms with Gasteiger partial charge in [0.05, 0.1) is 5.75 Å². The van der Waals surface area contributed by atoms with Gasteiger partial charge in [-0.1, -0.05) is 53.8 Å². The number of nitrogens with zero attached hydrogens (tertiary/aromatic N) is 2. The van der Waals surface area contributed by atoms with Crippen LogP contribution in [0, 0.1) is 20.8 Å². The molecule has 8 nitrogen and oxygen atoms in total. The number of allylic oxidation sites excluding steroid dienone is 1. The summed E-state index contributed by atoms with van der Waals surface area (Å²) in [5.41, 5.74) is 7.11. The van der Waals surface area contributed by atoms with Crippen molar-refractivity contribution in [2.24, 2.45) is 0 Å². The van der Waals surface area contributed by atoms with Gasteiger partial charge in [-0.3, -0.25) is 9.11 Å². The third-order valence-corrected chi connectivity index (χ3v) is 10.6. The number of aryl methyl sites for hydroxylation is 1. The highest BCUT2D eigenvalue weighted by Gasteiger charge is 2.31. The second-order valence-corrected chi connectivity index (χ2v) is 15.0. The minimum atomic E-state index is -4.37. The molecule has 0 saturated carbocycles. The predicted molar refractivity (Wildman–Crippen MR) is 169 cm³/mol. The first kappa shape index (κ1) is 28.8. The minimum Gasteiger partial charge on any atom is -0.344 e. The second kappa shape index (κ2) is 10.4. The van der Waals surface area contributed by atoms with Crippen LogP contribution < -0.4 is 9.47 Å². The molecule has 0 unspecified atom stereocenters. The Kier molecular flexibility index (Phi) is 7.14. The predicted octanol–water partition coefficient (Wildman–Crippen LogP) is 5.95. The third-order valence-electron chi connectivity index (χ3n) is 8.15. The van der Waals surface area contributed by atoms with Crippen LogP contribution in [-0.4, -0.2) is 38.2 Å². The van der Waals surface area contributed by atoms with Crippen molar-refractivity contribution in [3.63, 3.8) is 0 Å². The summed E-state index contributed by atoms with van der Waals surface area (Å²) >= 11 is 1.44. The highest BCUT2D eigenvalue weighted by molar-refractivity contribution is 7.85. The van der Waals surface area contributed by atoms with Crippen molar-refractivity contribution in [1.29, 1.82) is 0 Å². The number of thiazole rings is 1. The van der Waals surface area contributed by atoms with Crippen molar-refractivity contribution in [1.82, 2.24) is 0 Å². The number of benzene rings is 4. The summed E-state index contributed by atoms with van der Waals surface area (Å²) in [5.74, 6) is -0.961. The van der Waals surface area contributed by atoms with Crippen molar-refractivity contribution in [3.8, 4) is 0 Å². The van der Waals surface area contributed by atoms with Gasteiger partial charge in [0.1, 0.15) is 4.70 Å². The molecule has 0 saturated heterocycles. The van der Waals surface area contributed by atoms with Gasteiger partial charge in [0.15, 0.2) is 0 Å². The summed E-state index contributed by atoms with van der Waals surface area (Å²) in [6.07, 6.45) is 2.74. The third kappa shape index (κ3) is 5.43. The van der Waals surface area contributed by atoms with E-state index in [9.17, 15) is 25.9 Å². The molecule has 4 aromatic carbocycles. The quantitative estimate of drug-likeness (QED) is 0.131. The molecule has 2 heterocycles. The van der Waals surface area contributed by atoms with Gasteiger partial charge in [-0.05, 0) is 77.1 Å². The fraction of sp³-hybridized carbons (Fsp3) is 0.258. The number of hydrogen-bond acceptors (Lipinski definition) is 6. The van der Waals surface area contributed by atoms with Gasteiger partial charge in [-0.2, -0.15) is 21.4 Å². The van der Waals surface area contributed by atoms with Crippen LogP contribution in [-0.2, 0) is 32.5 Å². The molecule has 1 aliphatic heterocycles. The number of fused-ring (bicyclic) bond motifs is 5. The lowest BCUT2D eigenvalue weighted by molar-refractivity contribution is -0.649. The summed E-state index contributed by atoms with van der Waals surface area (Å²) in [6, 6.07) is 18.3.